The van der Waals surface area contributed by atoms with Crippen LogP contribution in [0.1, 0.15) is 35.9 Å². The lowest BCUT2D eigenvalue weighted by Gasteiger charge is -2.30. The Morgan fingerprint density at radius 3 is 2.45 bits per heavy atom. The van der Waals surface area contributed by atoms with Crippen LogP contribution in [0, 0.1) is 12.8 Å². The molecule has 162 valence electrons. The molecule has 1 saturated heterocycles. The van der Waals surface area contributed by atoms with Crippen LogP contribution >= 0.6 is 0 Å². The highest BCUT2D eigenvalue weighted by Crippen LogP contribution is 2.25. The molecule has 2 heterocycles. The molecule has 31 heavy (non-hydrogen) atoms. The van der Waals surface area contributed by atoms with E-state index in [4.69, 9.17) is 4.52 Å². The third-order valence-electron chi connectivity index (χ3n) is 5.29. The third-order valence-corrected chi connectivity index (χ3v) is 7.17. The molecule has 0 aliphatic carbocycles. The number of nitrogens with zero attached hydrogens (tertiary/aromatic N) is 3. The number of carbonyl (C=O) groups is 1. The van der Waals surface area contributed by atoms with E-state index in [9.17, 15) is 13.2 Å². The second-order valence-electron chi connectivity index (χ2n) is 7.81. The Hall–Kier alpha value is -3.04. The number of aromatic nitrogens is 2. The molecule has 8 nitrogen and oxygen atoms in total. The van der Waals surface area contributed by atoms with Crippen LogP contribution in [0.4, 0.5) is 5.69 Å². The summed E-state index contributed by atoms with van der Waals surface area (Å²) in [6.07, 6.45) is 1.92. The van der Waals surface area contributed by atoms with Crippen LogP contribution < -0.4 is 5.32 Å². The Morgan fingerprint density at radius 2 is 1.84 bits per heavy atom. The van der Waals surface area contributed by atoms with Gasteiger partial charge in [-0.2, -0.15) is 9.29 Å². The minimum absolute atomic E-state index is 0.235. The molecular weight excluding hydrogens is 416 g/mol. The monoisotopic (exact) mass is 440 g/mol. The highest BCUT2D eigenvalue weighted by molar-refractivity contribution is 7.89. The summed E-state index contributed by atoms with van der Waals surface area (Å²) in [5.41, 5.74) is 1.70. The SMILES string of the molecule is Cc1noc(-c2ccc(C(=O)Nc3ccc(S(=O)(=O)N4CCCC(C)C4)cc3)cc2)n1. The molecule has 1 aromatic heterocycles. The molecule has 1 amide bonds. The van der Waals surface area contributed by atoms with Gasteiger partial charge >= 0.3 is 0 Å². The normalized spacial score (nSPS) is 17.4. The van der Waals surface area contributed by atoms with Gasteiger partial charge < -0.3 is 9.84 Å². The highest BCUT2D eigenvalue weighted by atomic mass is 32.2. The molecule has 3 aromatic rings. The number of sulfonamides is 1. The lowest BCUT2D eigenvalue weighted by Crippen LogP contribution is -2.39. The van der Waals surface area contributed by atoms with Crippen molar-refractivity contribution in [3.05, 3.63) is 59.9 Å². The minimum Gasteiger partial charge on any atom is -0.334 e. The molecule has 0 saturated carbocycles. The van der Waals surface area contributed by atoms with Gasteiger partial charge in [0.05, 0.1) is 4.90 Å². The van der Waals surface area contributed by atoms with Crippen molar-refractivity contribution in [1.82, 2.24) is 14.4 Å². The average molecular weight is 441 g/mol. The first-order valence-electron chi connectivity index (χ1n) is 10.2. The van der Waals surface area contributed by atoms with Gasteiger partial charge in [-0.1, -0.05) is 12.1 Å². The van der Waals surface area contributed by atoms with Crippen LogP contribution in [0.3, 0.4) is 0 Å². The quantitative estimate of drug-likeness (QED) is 0.648. The average Bonchev–Trinajstić information content (AvgIpc) is 3.20. The molecular formula is C22H24N4O4S. The smallest absolute Gasteiger partial charge is 0.257 e. The molecule has 0 spiro atoms. The Balaban J connectivity index is 1.43. The fourth-order valence-electron chi connectivity index (χ4n) is 3.61. The number of benzene rings is 2. The zero-order chi connectivity index (χ0) is 22.0. The fourth-order valence-corrected chi connectivity index (χ4v) is 5.20. The maximum atomic E-state index is 12.9. The van der Waals surface area contributed by atoms with E-state index in [2.05, 4.69) is 22.4 Å². The molecule has 2 aromatic carbocycles. The maximum Gasteiger partial charge on any atom is 0.257 e. The first kappa shape index (κ1) is 21.2. The highest BCUT2D eigenvalue weighted by Gasteiger charge is 2.28. The van der Waals surface area contributed by atoms with Crippen LogP contribution in [0.2, 0.25) is 0 Å². The van der Waals surface area contributed by atoms with E-state index >= 15 is 0 Å². The molecule has 0 bridgehead atoms. The lowest BCUT2D eigenvalue weighted by atomic mass is 10.0. The number of rotatable bonds is 5. The van der Waals surface area contributed by atoms with Gasteiger partial charge in [0.15, 0.2) is 5.82 Å². The zero-order valence-corrected chi connectivity index (χ0v) is 18.2. The summed E-state index contributed by atoms with van der Waals surface area (Å²) in [5, 5.41) is 6.54. The van der Waals surface area contributed by atoms with Crippen molar-refractivity contribution in [2.45, 2.75) is 31.6 Å². The maximum absolute atomic E-state index is 12.9. The molecule has 1 aliphatic heterocycles. The molecule has 1 atom stereocenters. The number of nitrogens with one attached hydrogen (secondary N) is 1. The van der Waals surface area contributed by atoms with Crippen LogP contribution in [0.15, 0.2) is 57.9 Å². The molecule has 1 N–H and O–H groups in total. The van der Waals surface area contributed by atoms with Crippen molar-refractivity contribution in [3.63, 3.8) is 0 Å². The van der Waals surface area contributed by atoms with Crippen LogP contribution in [0.25, 0.3) is 11.5 Å². The van der Waals surface area contributed by atoms with E-state index in [0.29, 0.717) is 42.0 Å². The van der Waals surface area contributed by atoms with Gasteiger partial charge in [0.25, 0.3) is 11.8 Å². The predicted octanol–water partition coefficient (Wildman–Crippen LogP) is 3.72. The van der Waals surface area contributed by atoms with Crippen molar-refractivity contribution in [2.75, 3.05) is 18.4 Å². The largest absolute Gasteiger partial charge is 0.334 e. The fraction of sp³-hybridized carbons (Fsp3) is 0.318. The van der Waals surface area contributed by atoms with E-state index in [1.54, 1.807) is 47.6 Å². The number of anilines is 1. The van der Waals surface area contributed by atoms with Crippen LogP contribution in [-0.4, -0.2) is 41.9 Å². The van der Waals surface area contributed by atoms with Crippen LogP contribution in [-0.2, 0) is 10.0 Å². The zero-order valence-electron chi connectivity index (χ0n) is 17.4. The summed E-state index contributed by atoms with van der Waals surface area (Å²) in [5.74, 6) is 0.993. The summed E-state index contributed by atoms with van der Waals surface area (Å²) in [4.78, 5) is 16.9. The Morgan fingerprint density at radius 1 is 1.13 bits per heavy atom. The topological polar surface area (TPSA) is 105 Å². The Kier molecular flexibility index (Phi) is 5.88. The number of hydrogen-bond donors (Lipinski definition) is 1. The van der Waals surface area contributed by atoms with Crippen molar-refractivity contribution < 1.29 is 17.7 Å². The van der Waals surface area contributed by atoms with Gasteiger partial charge in [-0.15, -0.1) is 0 Å². The van der Waals surface area contributed by atoms with Crippen molar-refractivity contribution >= 4 is 21.6 Å². The van der Waals surface area contributed by atoms with E-state index in [1.165, 1.54) is 12.1 Å². The number of piperidine rings is 1. The van der Waals surface area contributed by atoms with Gasteiger partial charge in [0.2, 0.25) is 10.0 Å². The van der Waals surface area contributed by atoms with E-state index in [0.717, 1.165) is 18.4 Å². The summed E-state index contributed by atoms with van der Waals surface area (Å²) in [7, 11) is -3.52. The number of amides is 1. The number of carbonyl (C=O) groups excluding carboxylic acids is 1. The lowest BCUT2D eigenvalue weighted by molar-refractivity contribution is 0.102. The molecule has 1 unspecified atom stereocenters. The van der Waals surface area contributed by atoms with E-state index < -0.39 is 10.0 Å². The van der Waals surface area contributed by atoms with Gasteiger partial charge in [-0.25, -0.2) is 8.42 Å². The van der Waals surface area contributed by atoms with Gasteiger partial charge in [-0.3, -0.25) is 4.79 Å². The molecule has 4 rings (SSSR count). The van der Waals surface area contributed by atoms with Crippen molar-refractivity contribution in [3.8, 4) is 11.5 Å². The predicted molar refractivity (Wildman–Crippen MR) is 116 cm³/mol. The van der Waals surface area contributed by atoms with E-state index in [1.807, 2.05) is 0 Å². The van der Waals surface area contributed by atoms with Crippen LogP contribution in [0.5, 0.6) is 0 Å². The minimum atomic E-state index is -3.52. The second kappa shape index (κ2) is 8.60. The standard InChI is InChI=1S/C22H24N4O4S/c1-15-4-3-13-26(14-15)31(28,29)20-11-9-19(10-12-20)24-21(27)17-5-7-18(8-6-17)22-23-16(2)25-30-22/h5-12,15H,3-4,13-14H2,1-2H3,(H,24,27). The van der Waals surface area contributed by atoms with Crippen molar-refractivity contribution in [2.24, 2.45) is 5.92 Å². The van der Waals surface area contributed by atoms with Gasteiger partial charge in [0, 0.05) is 29.9 Å². The van der Waals surface area contributed by atoms with E-state index in [-0.39, 0.29) is 10.8 Å². The second-order valence-corrected chi connectivity index (χ2v) is 9.75. The molecule has 1 aliphatic rings. The summed E-state index contributed by atoms with van der Waals surface area (Å²) in [6, 6.07) is 13.1. The number of aryl methyl sites for hydroxylation is 1. The Labute approximate surface area is 181 Å². The molecule has 1 fully saturated rings. The first-order chi connectivity index (χ1) is 14.8. The van der Waals surface area contributed by atoms with Gasteiger partial charge in [0.1, 0.15) is 0 Å². The first-order valence-corrected chi connectivity index (χ1v) is 11.6. The number of hydrogen-bond acceptors (Lipinski definition) is 6. The Bertz CT molecular complexity index is 1170. The molecule has 9 heteroatoms. The van der Waals surface area contributed by atoms with Gasteiger partial charge in [-0.05, 0) is 74.2 Å². The summed E-state index contributed by atoms with van der Waals surface area (Å²) < 4.78 is 32.4. The molecule has 0 radical (unpaired) electrons. The van der Waals surface area contributed by atoms with Crippen molar-refractivity contribution in [1.29, 1.82) is 0 Å². The third kappa shape index (κ3) is 4.67. The summed E-state index contributed by atoms with van der Waals surface area (Å²) in [6.45, 7) is 4.89. The summed E-state index contributed by atoms with van der Waals surface area (Å²) >= 11 is 0.